The molecule has 3 nitrogen and oxygen atoms in total. The molecule has 0 aliphatic rings. The summed E-state index contributed by atoms with van der Waals surface area (Å²) in [5.41, 5.74) is 7.59. The van der Waals surface area contributed by atoms with Crippen molar-refractivity contribution in [1.29, 1.82) is 0 Å². The molecule has 0 amide bonds. The molecule has 0 fully saturated rings. The molecular formula is C11H16N2O. The highest BCUT2D eigenvalue weighted by Gasteiger charge is 1.98. The summed E-state index contributed by atoms with van der Waals surface area (Å²) in [6.45, 7) is 3.97. The van der Waals surface area contributed by atoms with Gasteiger partial charge in [-0.3, -0.25) is 0 Å². The first-order valence-corrected chi connectivity index (χ1v) is 4.65. The van der Waals surface area contributed by atoms with Gasteiger partial charge in [0.1, 0.15) is 5.75 Å². The summed E-state index contributed by atoms with van der Waals surface area (Å²) in [6.07, 6.45) is 0.769. The molecule has 0 heterocycles. The molecule has 0 saturated carbocycles. The smallest absolute Gasteiger partial charge is 0.121 e. The number of hydrogen-bond acceptors (Lipinski definition) is 2. The fourth-order valence-electron chi connectivity index (χ4n) is 1.18. The molecule has 0 saturated heterocycles. The van der Waals surface area contributed by atoms with Crippen LogP contribution in [0.15, 0.2) is 23.2 Å². The van der Waals surface area contributed by atoms with Crippen molar-refractivity contribution in [1.82, 2.24) is 0 Å². The number of benzene rings is 1. The van der Waals surface area contributed by atoms with Crippen LogP contribution < -0.4 is 10.5 Å². The standard InChI is InChI=1S/C11H16N2O/c1-4-11(12)13-9-5-6-10(14-3)8(2)7-9/h5-7H,4H2,1-3H3,(H2,12,13). The first kappa shape index (κ1) is 10.6. The lowest BCUT2D eigenvalue weighted by Gasteiger charge is -2.04. The van der Waals surface area contributed by atoms with E-state index in [1.54, 1.807) is 7.11 Å². The van der Waals surface area contributed by atoms with Crippen molar-refractivity contribution in [2.45, 2.75) is 20.3 Å². The zero-order valence-corrected chi connectivity index (χ0v) is 8.87. The summed E-state index contributed by atoms with van der Waals surface area (Å²) < 4.78 is 5.15. The summed E-state index contributed by atoms with van der Waals surface area (Å²) in [7, 11) is 1.66. The highest BCUT2D eigenvalue weighted by atomic mass is 16.5. The maximum atomic E-state index is 5.64. The molecule has 1 aromatic carbocycles. The van der Waals surface area contributed by atoms with Crippen LogP contribution in [0.5, 0.6) is 5.75 Å². The summed E-state index contributed by atoms with van der Waals surface area (Å²) in [5, 5.41) is 0. The third kappa shape index (κ3) is 2.49. The Morgan fingerprint density at radius 2 is 2.21 bits per heavy atom. The van der Waals surface area contributed by atoms with Crippen LogP contribution in [-0.4, -0.2) is 12.9 Å². The van der Waals surface area contributed by atoms with Gasteiger partial charge in [-0.15, -0.1) is 0 Å². The lowest BCUT2D eigenvalue weighted by molar-refractivity contribution is 0.412. The van der Waals surface area contributed by atoms with E-state index in [0.717, 1.165) is 23.4 Å². The Kier molecular flexibility index (Phi) is 3.51. The zero-order chi connectivity index (χ0) is 10.6. The molecular weight excluding hydrogens is 176 g/mol. The molecule has 0 bridgehead atoms. The van der Waals surface area contributed by atoms with E-state index in [1.165, 1.54) is 0 Å². The van der Waals surface area contributed by atoms with Gasteiger partial charge >= 0.3 is 0 Å². The Morgan fingerprint density at radius 1 is 1.50 bits per heavy atom. The van der Waals surface area contributed by atoms with Crippen molar-refractivity contribution in [2.24, 2.45) is 10.7 Å². The van der Waals surface area contributed by atoms with E-state index in [-0.39, 0.29) is 0 Å². The second-order valence-electron chi connectivity index (χ2n) is 3.11. The summed E-state index contributed by atoms with van der Waals surface area (Å²) in [4.78, 5) is 4.25. The number of ether oxygens (including phenoxy) is 1. The van der Waals surface area contributed by atoms with Crippen molar-refractivity contribution in [3.05, 3.63) is 23.8 Å². The average molecular weight is 192 g/mol. The topological polar surface area (TPSA) is 47.6 Å². The van der Waals surface area contributed by atoms with Crippen LogP contribution in [0.2, 0.25) is 0 Å². The number of nitrogens with two attached hydrogens (primary N) is 1. The van der Waals surface area contributed by atoms with E-state index >= 15 is 0 Å². The van der Waals surface area contributed by atoms with Gasteiger partial charge in [0.05, 0.1) is 18.6 Å². The molecule has 2 N–H and O–H groups in total. The number of methoxy groups -OCH3 is 1. The van der Waals surface area contributed by atoms with Crippen molar-refractivity contribution in [3.8, 4) is 5.75 Å². The average Bonchev–Trinajstić information content (AvgIpc) is 2.18. The van der Waals surface area contributed by atoms with Gasteiger partial charge in [0, 0.05) is 6.42 Å². The number of rotatable bonds is 3. The van der Waals surface area contributed by atoms with Gasteiger partial charge in [0.2, 0.25) is 0 Å². The Bertz CT molecular complexity index is 345. The van der Waals surface area contributed by atoms with Gasteiger partial charge in [-0.1, -0.05) is 6.92 Å². The normalized spacial score (nSPS) is 11.5. The second-order valence-corrected chi connectivity index (χ2v) is 3.11. The molecule has 14 heavy (non-hydrogen) atoms. The molecule has 76 valence electrons. The predicted octanol–water partition coefficient (Wildman–Crippen LogP) is 2.40. The minimum absolute atomic E-state index is 0.648. The third-order valence-electron chi connectivity index (χ3n) is 2.01. The molecule has 0 unspecified atom stereocenters. The van der Waals surface area contributed by atoms with Gasteiger partial charge in [0.25, 0.3) is 0 Å². The van der Waals surface area contributed by atoms with Crippen LogP contribution in [0.25, 0.3) is 0 Å². The number of aliphatic imine (C=N–C) groups is 1. The molecule has 0 aromatic heterocycles. The zero-order valence-electron chi connectivity index (χ0n) is 8.87. The van der Waals surface area contributed by atoms with E-state index in [2.05, 4.69) is 4.99 Å². The summed E-state index contributed by atoms with van der Waals surface area (Å²) in [6, 6.07) is 5.76. The molecule has 0 atom stereocenters. The Hall–Kier alpha value is -1.51. The van der Waals surface area contributed by atoms with E-state index in [1.807, 2.05) is 32.0 Å². The fraction of sp³-hybridized carbons (Fsp3) is 0.364. The minimum atomic E-state index is 0.648. The number of hydrogen-bond donors (Lipinski definition) is 1. The Balaban J connectivity index is 2.97. The molecule has 0 aliphatic heterocycles. The lowest BCUT2D eigenvalue weighted by Crippen LogP contribution is -2.08. The minimum Gasteiger partial charge on any atom is -0.496 e. The maximum absolute atomic E-state index is 5.64. The van der Waals surface area contributed by atoms with Crippen LogP contribution in [0, 0.1) is 6.92 Å². The number of amidine groups is 1. The molecule has 0 radical (unpaired) electrons. The van der Waals surface area contributed by atoms with Crippen molar-refractivity contribution in [2.75, 3.05) is 7.11 Å². The molecule has 1 aromatic rings. The number of nitrogens with zero attached hydrogens (tertiary/aromatic N) is 1. The van der Waals surface area contributed by atoms with E-state index in [9.17, 15) is 0 Å². The van der Waals surface area contributed by atoms with Crippen LogP contribution in [0.1, 0.15) is 18.9 Å². The first-order chi connectivity index (χ1) is 6.67. The van der Waals surface area contributed by atoms with Crippen LogP contribution >= 0.6 is 0 Å². The fourth-order valence-corrected chi connectivity index (χ4v) is 1.18. The van der Waals surface area contributed by atoms with Gasteiger partial charge in [-0.05, 0) is 30.7 Å². The predicted molar refractivity (Wildman–Crippen MR) is 59.3 cm³/mol. The largest absolute Gasteiger partial charge is 0.496 e. The summed E-state index contributed by atoms with van der Waals surface area (Å²) in [5.74, 6) is 1.52. The highest BCUT2D eigenvalue weighted by Crippen LogP contribution is 2.23. The molecule has 3 heteroatoms. The van der Waals surface area contributed by atoms with Crippen molar-refractivity contribution in [3.63, 3.8) is 0 Å². The lowest BCUT2D eigenvalue weighted by atomic mass is 10.2. The highest BCUT2D eigenvalue weighted by molar-refractivity contribution is 5.82. The van der Waals surface area contributed by atoms with Crippen LogP contribution in [0.3, 0.4) is 0 Å². The van der Waals surface area contributed by atoms with E-state index in [0.29, 0.717) is 5.84 Å². The molecule has 0 aliphatic carbocycles. The quantitative estimate of drug-likeness (QED) is 0.590. The van der Waals surface area contributed by atoms with Gasteiger partial charge in [0.15, 0.2) is 0 Å². The maximum Gasteiger partial charge on any atom is 0.121 e. The van der Waals surface area contributed by atoms with Gasteiger partial charge < -0.3 is 10.5 Å². The molecule has 1 rings (SSSR count). The Labute approximate surface area is 84.6 Å². The van der Waals surface area contributed by atoms with Gasteiger partial charge in [-0.25, -0.2) is 4.99 Å². The third-order valence-corrected chi connectivity index (χ3v) is 2.01. The second kappa shape index (κ2) is 4.65. The Morgan fingerprint density at radius 3 is 2.71 bits per heavy atom. The summed E-state index contributed by atoms with van der Waals surface area (Å²) >= 11 is 0. The van der Waals surface area contributed by atoms with Crippen LogP contribution in [0.4, 0.5) is 5.69 Å². The van der Waals surface area contributed by atoms with E-state index < -0.39 is 0 Å². The van der Waals surface area contributed by atoms with E-state index in [4.69, 9.17) is 10.5 Å². The van der Waals surface area contributed by atoms with Crippen molar-refractivity contribution < 1.29 is 4.74 Å². The monoisotopic (exact) mass is 192 g/mol. The SMILES string of the molecule is CCC(N)=Nc1ccc(OC)c(C)c1. The number of aryl methyl sites for hydroxylation is 1. The van der Waals surface area contributed by atoms with Crippen LogP contribution in [-0.2, 0) is 0 Å². The van der Waals surface area contributed by atoms with Gasteiger partial charge in [-0.2, -0.15) is 0 Å². The van der Waals surface area contributed by atoms with Crippen molar-refractivity contribution >= 4 is 11.5 Å². The first-order valence-electron chi connectivity index (χ1n) is 4.65. The molecule has 0 spiro atoms.